The summed E-state index contributed by atoms with van der Waals surface area (Å²) in [6, 6.07) is 9.59. The molecule has 0 atom stereocenters. The second-order valence-electron chi connectivity index (χ2n) is 5.69. The van der Waals surface area contributed by atoms with Crippen LogP contribution in [0.15, 0.2) is 34.9 Å². The molecular weight excluding hydrogens is 382 g/mol. The van der Waals surface area contributed by atoms with Crippen LogP contribution in [0.4, 0.5) is 5.69 Å². The van der Waals surface area contributed by atoms with E-state index in [1.54, 1.807) is 4.52 Å². The average Bonchev–Trinajstić information content (AvgIpc) is 2.99. The highest BCUT2D eigenvalue weighted by Crippen LogP contribution is 2.22. The Bertz CT molecular complexity index is 1000. The van der Waals surface area contributed by atoms with E-state index in [9.17, 15) is 4.79 Å². The fourth-order valence-corrected chi connectivity index (χ4v) is 3.15. The van der Waals surface area contributed by atoms with Gasteiger partial charge in [0.05, 0.1) is 11.9 Å². The molecule has 0 saturated heterocycles. The first-order valence-corrected chi connectivity index (χ1v) is 8.59. The third-order valence-corrected chi connectivity index (χ3v) is 4.77. The Morgan fingerprint density at radius 1 is 1.36 bits per heavy atom. The molecule has 1 N–H and O–H groups in total. The number of aryl methyl sites for hydroxylation is 2. The van der Waals surface area contributed by atoms with Crippen LogP contribution < -0.4 is 5.32 Å². The molecule has 3 aromatic rings. The molecule has 0 bridgehead atoms. The number of nitrogens with zero attached hydrogens (tertiary/aromatic N) is 4. The molecule has 126 valence electrons. The first kappa shape index (κ1) is 17.1. The van der Waals surface area contributed by atoms with E-state index in [-0.39, 0.29) is 5.91 Å². The maximum absolute atomic E-state index is 12.3. The minimum atomic E-state index is -0.0658. The fourth-order valence-electron chi connectivity index (χ4n) is 2.77. The summed E-state index contributed by atoms with van der Waals surface area (Å²) in [5.41, 5.74) is 4.44. The Hall–Kier alpha value is -2.72. The highest BCUT2D eigenvalue weighted by atomic mass is 79.9. The van der Waals surface area contributed by atoms with Crippen LogP contribution in [0.3, 0.4) is 0 Å². The number of hydrogen-bond acceptors (Lipinski definition) is 4. The van der Waals surface area contributed by atoms with Crippen LogP contribution in [0.5, 0.6) is 0 Å². The van der Waals surface area contributed by atoms with Crippen LogP contribution in [0.1, 0.15) is 28.9 Å². The summed E-state index contributed by atoms with van der Waals surface area (Å²) in [5.74, 6) is -0.0658. The molecule has 1 amide bonds. The summed E-state index contributed by atoms with van der Waals surface area (Å²) in [4.78, 5) is 16.7. The molecular formula is C18H16BrN5O. The van der Waals surface area contributed by atoms with Gasteiger partial charge in [-0.15, -0.1) is 0 Å². The zero-order valence-corrected chi connectivity index (χ0v) is 15.5. The van der Waals surface area contributed by atoms with Gasteiger partial charge in [0.1, 0.15) is 11.6 Å². The number of nitriles is 1. The van der Waals surface area contributed by atoms with E-state index in [0.29, 0.717) is 24.1 Å². The Balaban J connectivity index is 1.78. The number of halogens is 1. The molecule has 0 fully saturated rings. The number of aromatic nitrogens is 3. The normalized spacial score (nSPS) is 10.6. The Morgan fingerprint density at radius 3 is 2.84 bits per heavy atom. The maximum atomic E-state index is 12.3. The average molecular weight is 398 g/mol. The largest absolute Gasteiger partial charge is 0.325 e. The number of nitrogens with one attached hydrogen (secondary N) is 1. The number of fused-ring (bicyclic) bond motifs is 1. The van der Waals surface area contributed by atoms with Gasteiger partial charge in [0.25, 0.3) is 0 Å². The third-order valence-electron chi connectivity index (χ3n) is 4.08. The maximum Gasteiger partial charge on any atom is 0.224 e. The zero-order valence-electron chi connectivity index (χ0n) is 13.9. The summed E-state index contributed by atoms with van der Waals surface area (Å²) >= 11 is 3.42. The van der Waals surface area contributed by atoms with Crippen LogP contribution in [0, 0.1) is 25.2 Å². The predicted molar refractivity (Wildman–Crippen MR) is 98.3 cm³/mol. The number of para-hydroxylation sites is 1. The van der Waals surface area contributed by atoms with E-state index in [1.165, 1.54) is 6.20 Å². The van der Waals surface area contributed by atoms with Gasteiger partial charge in [0.2, 0.25) is 5.91 Å². The minimum absolute atomic E-state index is 0.0658. The molecule has 0 aliphatic carbocycles. The van der Waals surface area contributed by atoms with Gasteiger partial charge in [-0.3, -0.25) is 4.79 Å². The summed E-state index contributed by atoms with van der Waals surface area (Å²) in [5, 5.41) is 16.2. The smallest absolute Gasteiger partial charge is 0.224 e. The van der Waals surface area contributed by atoms with Crippen molar-refractivity contribution < 1.29 is 4.79 Å². The van der Waals surface area contributed by atoms with Gasteiger partial charge < -0.3 is 5.32 Å². The van der Waals surface area contributed by atoms with Crippen LogP contribution in [-0.2, 0) is 11.2 Å². The molecule has 0 unspecified atom stereocenters. The quantitative estimate of drug-likeness (QED) is 0.729. The number of carbonyl (C=O) groups excluding carboxylic acids is 1. The van der Waals surface area contributed by atoms with Crippen molar-refractivity contribution in [2.75, 3.05) is 5.32 Å². The summed E-state index contributed by atoms with van der Waals surface area (Å²) in [6.45, 7) is 3.82. The third kappa shape index (κ3) is 3.39. The van der Waals surface area contributed by atoms with Crippen molar-refractivity contribution in [3.63, 3.8) is 0 Å². The van der Waals surface area contributed by atoms with E-state index < -0.39 is 0 Å². The topological polar surface area (TPSA) is 83.1 Å². The van der Waals surface area contributed by atoms with Crippen LogP contribution in [0.2, 0.25) is 0 Å². The van der Waals surface area contributed by atoms with Crippen LogP contribution >= 0.6 is 15.9 Å². The molecule has 2 heterocycles. The summed E-state index contributed by atoms with van der Waals surface area (Å²) in [6.07, 6.45) is 2.40. The van der Waals surface area contributed by atoms with Crippen molar-refractivity contribution in [1.29, 1.82) is 5.26 Å². The first-order chi connectivity index (χ1) is 12.0. The molecule has 6 nitrogen and oxygen atoms in total. The van der Waals surface area contributed by atoms with E-state index >= 15 is 0 Å². The number of hydrogen-bond donors (Lipinski definition) is 1. The Labute approximate surface area is 153 Å². The van der Waals surface area contributed by atoms with E-state index in [4.69, 9.17) is 5.26 Å². The molecule has 0 radical (unpaired) electrons. The van der Waals surface area contributed by atoms with E-state index in [0.717, 1.165) is 27.1 Å². The van der Waals surface area contributed by atoms with Crippen molar-refractivity contribution in [2.45, 2.75) is 26.7 Å². The second kappa shape index (κ2) is 7.03. The number of rotatable bonds is 4. The van der Waals surface area contributed by atoms with Gasteiger partial charge in [0.15, 0.2) is 5.65 Å². The molecule has 0 saturated carbocycles. The standard InChI is InChI=1S/C18H16BrN5O/c1-11-14(12(2)24-18(22-11)13(9-20)10-21-24)7-8-17(25)23-16-6-4-3-5-15(16)19/h3-6,10H,7-8H2,1-2H3,(H,23,25). The lowest BCUT2D eigenvalue weighted by atomic mass is 10.1. The fraction of sp³-hybridized carbons (Fsp3) is 0.222. The van der Waals surface area contributed by atoms with Crippen LogP contribution in [0.25, 0.3) is 5.65 Å². The lowest BCUT2D eigenvalue weighted by Crippen LogP contribution is -2.14. The lowest BCUT2D eigenvalue weighted by Gasteiger charge is -2.11. The van der Waals surface area contributed by atoms with E-state index in [2.05, 4.69) is 37.4 Å². The number of anilines is 1. The van der Waals surface area contributed by atoms with Crippen LogP contribution in [-0.4, -0.2) is 20.5 Å². The van der Waals surface area contributed by atoms with Gasteiger partial charge >= 0.3 is 0 Å². The molecule has 0 aliphatic heterocycles. The van der Waals surface area contributed by atoms with Crippen molar-refractivity contribution in [2.24, 2.45) is 0 Å². The van der Waals surface area contributed by atoms with Gasteiger partial charge in [-0.2, -0.15) is 10.4 Å². The predicted octanol–water partition coefficient (Wildman–Crippen LogP) is 3.55. The van der Waals surface area contributed by atoms with Gasteiger partial charge in [0, 0.05) is 22.3 Å². The number of carbonyl (C=O) groups is 1. The second-order valence-corrected chi connectivity index (χ2v) is 6.55. The van der Waals surface area contributed by atoms with Crippen molar-refractivity contribution in [1.82, 2.24) is 14.6 Å². The van der Waals surface area contributed by atoms with Gasteiger partial charge in [-0.05, 0) is 53.9 Å². The molecule has 25 heavy (non-hydrogen) atoms. The SMILES string of the molecule is Cc1nc2c(C#N)cnn2c(C)c1CCC(=O)Nc1ccccc1Br. The van der Waals surface area contributed by atoms with Crippen molar-refractivity contribution >= 4 is 33.2 Å². The first-order valence-electron chi connectivity index (χ1n) is 7.79. The molecule has 2 aromatic heterocycles. The minimum Gasteiger partial charge on any atom is -0.325 e. The molecule has 7 heteroatoms. The van der Waals surface area contributed by atoms with Crippen molar-refractivity contribution in [3.05, 3.63) is 57.4 Å². The summed E-state index contributed by atoms with van der Waals surface area (Å²) in [7, 11) is 0. The highest BCUT2D eigenvalue weighted by Gasteiger charge is 2.15. The number of benzene rings is 1. The molecule has 0 spiro atoms. The summed E-state index contributed by atoms with van der Waals surface area (Å²) < 4.78 is 2.51. The van der Waals surface area contributed by atoms with Gasteiger partial charge in [-0.25, -0.2) is 9.50 Å². The Morgan fingerprint density at radius 2 is 2.12 bits per heavy atom. The highest BCUT2D eigenvalue weighted by molar-refractivity contribution is 9.10. The van der Waals surface area contributed by atoms with Gasteiger partial charge in [-0.1, -0.05) is 12.1 Å². The molecule has 1 aromatic carbocycles. The zero-order chi connectivity index (χ0) is 18.0. The monoisotopic (exact) mass is 397 g/mol. The van der Waals surface area contributed by atoms with E-state index in [1.807, 2.05) is 38.1 Å². The Kier molecular flexibility index (Phi) is 4.81. The number of amides is 1. The lowest BCUT2D eigenvalue weighted by molar-refractivity contribution is -0.116. The molecule has 3 rings (SSSR count). The van der Waals surface area contributed by atoms with Crippen molar-refractivity contribution in [3.8, 4) is 6.07 Å². The molecule has 0 aliphatic rings.